The Morgan fingerprint density at radius 2 is 2.04 bits per heavy atom. The van der Waals surface area contributed by atoms with E-state index in [9.17, 15) is 9.18 Å². The number of anilines is 1. The lowest BCUT2D eigenvalue weighted by Crippen LogP contribution is -2.22. The van der Waals surface area contributed by atoms with Crippen LogP contribution in [0.2, 0.25) is 5.02 Å². The van der Waals surface area contributed by atoms with Gasteiger partial charge in [0.15, 0.2) is 0 Å². The summed E-state index contributed by atoms with van der Waals surface area (Å²) in [6.07, 6.45) is 0. The van der Waals surface area contributed by atoms with E-state index in [0.717, 1.165) is 10.5 Å². The van der Waals surface area contributed by atoms with Crippen LogP contribution in [0.3, 0.4) is 0 Å². The third-order valence-corrected chi connectivity index (χ3v) is 4.57. The Bertz CT molecular complexity index is 724. The van der Waals surface area contributed by atoms with Crippen molar-refractivity contribution in [1.82, 2.24) is 0 Å². The fraction of sp³-hybridized carbons (Fsp3) is 0.235. The van der Waals surface area contributed by atoms with Crippen molar-refractivity contribution in [2.24, 2.45) is 0 Å². The van der Waals surface area contributed by atoms with Gasteiger partial charge in [-0.1, -0.05) is 17.7 Å². The summed E-state index contributed by atoms with van der Waals surface area (Å²) in [5.74, 6) is -0.0389. The minimum Gasteiger partial charge on any atom is -0.495 e. The summed E-state index contributed by atoms with van der Waals surface area (Å²) in [6, 6.07) is 9.97. The van der Waals surface area contributed by atoms with Crippen LogP contribution in [0.1, 0.15) is 12.5 Å². The summed E-state index contributed by atoms with van der Waals surface area (Å²) in [5.41, 5.74) is 1.65. The number of rotatable bonds is 5. The van der Waals surface area contributed by atoms with Gasteiger partial charge in [0.25, 0.3) is 0 Å². The van der Waals surface area contributed by atoms with Crippen LogP contribution >= 0.6 is 23.4 Å². The SMILES string of the molecule is COc1ccc(C)cc1NC(=O)[C@@H](C)Sc1ccc(F)c(Cl)c1. The molecule has 0 aliphatic carbocycles. The lowest BCUT2D eigenvalue weighted by molar-refractivity contribution is -0.115. The zero-order chi connectivity index (χ0) is 17.0. The number of carbonyl (C=O) groups is 1. The van der Waals surface area contributed by atoms with Gasteiger partial charge in [0.1, 0.15) is 11.6 Å². The van der Waals surface area contributed by atoms with Gasteiger partial charge >= 0.3 is 0 Å². The number of aryl methyl sites for hydroxylation is 1. The van der Waals surface area contributed by atoms with Crippen molar-refractivity contribution in [1.29, 1.82) is 0 Å². The van der Waals surface area contributed by atoms with Gasteiger partial charge in [-0.15, -0.1) is 11.8 Å². The Balaban J connectivity index is 2.08. The molecule has 122 valence electrons. The van der Waals surface area contributed by atoms with E-state index in [1.165, 1.54) is 23.9 Å². The second-order valence-electron chi connectivity index (χ2n) is 5.03. The molecule has 23 heavy (non-hydrogen) atoms. The van der Waals surface area contributed by atoms with Crippen molar-refractivity contribution in [3.8, 4) is 5.75 Å². The Kier molecular flexibility index (Phi) is 5.91. The number of benzene rings is 2. The van der Waals surface area contributed by atoms with Crippen molar-refractivity contribution in [3.63, 3.8) is 0 Å². The van der Waals surface area contributed by atoms with E-state index in [2.05, 4.69) is 5.32 Å². The molecule has 0 aromatic heterocycles. The molecule has 0 bridgehead atoms. The lowest BCUT2D eigenvalue weighted by atomic mass is 10.2. The molecule has 0 radical (unpaired) electrons. The number of hydrogen-bond donors (Lipinski definition) is 1. The smallest absolute Gasteiger partial charge is 0.237 e. The number of carbonyl (C=O) groups excluding carboxylic acids is 1. The summed E-state index contributed by atoms with van der Waals surface area (Å²) >= 11 is 7.07. The molecule has 2 aromatic rings. The summed E-state index contributed by atoms with van der Waals surface area (Å²) in [4.78, 5) is 13.1. The fourth-order valence-electron chi connectivity index (χ4n) is 1.96. The van der Waals surface area contributed by atoms with E-state index in [1.54, 1.807) is 20.1 Å². The molecule has 1 N–H and O–H groups in total. The first-order valence-electron chi connectivity index (χ1n) is 6.98. The molecule has 2 rings (SSSR count). The molecule has 6 heteroatoms. The van der Waals surface area contributed by atoms with Crippen LogP contribution in [-0.2, 0) is 4.79 Å². The van der Waals surface area contributed by atoms with Crippen LogP contribution in [-0.4, -0.2) is 18.3 Å². The van der Waals surface area contributed by atoms with Gasteiger partial charge in [0.05, 0.1) is 23.1 Å². The second kappa shape index (κ2) is 7.70. The molecule has 1 atom stereocenters. The van der Waals surface area contributed by atoms with Crippen molar-refractivity contribution in [3.05, 3.63) is 52.8 Å². The molecule has 0 saturated carbocycles. The molecular formula is C17H17ClFNO2S. The Hall–Kier alpha value is -1.72. The zero-order valence-electron chi connectivity index (χ0n) is 13.0. The van der Waals surface area contributed by atoms with Crippen LogP contribution in [0.25, 0.3) is 0 Å². The molecule has 0 aliphatic heterocycles. The van der Waals surface area contributed by atoms with Crippen LogP contribution in [0.5, 0.6) is 5.75 Å². The van der Waals surface area contributed by atoms with Crippen LogP contribution in [0.15, 0.2) is 41.3 Å². The highest BCUT2D eigenvalue weighted by Gasteiger charge is 2.17. The molecule has 3 nitrogen and oxygen atoms in total. The van der Waals surface area contributed by atoms with Gasteiger partial charge in [0, 0.05) is 4.90 Å². The lowest BCUT2D eigenvalue weighted by Gasteiger charge is -2.15. The van der Waals surface area contributed by atoms with E-state index in [1.807, 2.05) is 25.1 Å². The molecular weight excluding hydrogens is 337 g/mol. The first-order chi connectivity index (χ1) is 10.9. The quantitative estimate of drug-likeness (QED) is 0.776. The molecule has 0 spiro atoms. The van der Waals surface area contributed by atoms with E-state index in [0.29, 0.717) is 11.4 Å². The van der Waals surface area contributed by atoms with Gasteiger partial charge in [-0.05, 0) is 49.7 Å². The molecule has 0 heterocycles. The summed E-state index contributed by atoms with van der Waals surface area (Å²) in [7, 11) is 1.55. The van der Waals surface area contributed by atoms with Gasteiger partial charge in [-0.3, -0.25) is 4.79 Å². The van der Waals surface area contributed by atoms with Crippen molar-refractivity contribution in [2.75, 3.05) is 12.4 Å². The molecule has 1 amide bonds. The van der Waals surface area contributed by atoms with Crippen LogP contribution < -0.4 is 10.1 Å². The van der Waals surface area contributed by atoms with E-state index in [4.69, 9.17) is 16.3 Å². The van der Waals surface area contributed by atoms with Crippen molar-refractivity contribution >= 4 is 35.0 Å². The predicted molar refractivity (Wildman–Crippen MR) is 93.1 cm³/mol. The number of nitrogens with one attached hydrogen (secondary N) is 1. The highest BCUT2D eigenvalue weighted by Crippen LogP contribution is 2.30. The van der Waals surface area contributed by atoms with E-state index in [-0.39, 0.29) is 16.2 Å². The van der Waals surface area contributed by atoms with Gasteiger partial charge in [-0.2, -0.15) is 0 Å². The monoisotopic (exact) mass is 353 g/mol. The number of hydrogen-bond acceptors (Lipinski definition) is 3. The van der Waals surface area contributed by atoms with Gasteiger partial charge in [-0.25, -0.2) is 4.39 Å². The minimum absolute atomic E-state index is 0.0444. The van der Waals surface area contributed by atoms with Crippen LogP contribution in [0, 0.1) is 12.7 Å². The molecule has 0 aliphatic rings. The Morgan fingerprint density at radius 1 is 1.30 bits per heavy atom. The summed E-state index contributed by atoms with van der Waals surface area (Å²) < 4.78 is 18.4. The molecule has 2 aromatic carbocycles. The first kappa shape index (κ1) is 17.6. The predicted octanol–water partition coefficient (Wildman–Crippen LogP) is 4.92. The van der Waals surface area contributed by atoms with Crippen molar-refractivity contribution < 1.29 is 13.9 Å². The number of methoxy groups -OCH3 is 1. The van der Waals surface area contributed by atoms with E-state index >= 15 is 0 Å². The largest absolute Gasteiger partial charge is 0.495 e. The molecule has 0 saturated heterocycles. The highest BCUT2D eigenvalue weighted by atomic mass is 35.5. The first-order valence-corrected chi connectivity index (χ1v) is 8.23. The zero-order valence-corrected chi connectivity index (χ0v) is 14.6. The standard InChI is InChI=1S/C17H17ClFNO2S/c1-10-4-7-16(22-3)15(8-10)20-17(21)11(2)23-12-5-6-14(19)13(18)9-12/h4-9,11H,1-3H3,(H,20,21)/t11-/m1/s1. The minimum atomic E-state index is -0.474. The Morgan fingerprint density at radius 3 is 2.70 bits per heavy atom. The van der Waals surface area contributed by atoms with Gasteiger partial charge < -0.3 is 10.1 Å². The van der Waals surface area contributed by atoms with Crippen molar-refractivity contribution in [2.45, 2.75) is 24.0 Å². The van der Waals surface area contributed by atoms with Gasteiger partial charge in [0.2, 0.25) is 5.91 Å². The third kappa shape index (κ3) is 4.62. The maximum Gasteiger partial charge on any atom is 0.237 e. The maximum atomic E-state index is 13.2. The molecule has 0 unspecified atom stereocenters. The second-order valence-corrected chi connectivity index (χ2v) is 6.85. The fourth-order valence-corrected chi connectivity index (χ4v) is 3.11. The average molecular weight is 354 g/mol. The van der Waals surface area contributed by atoms with E-state index < -0.39 is 5.82 Å². The number of amides is 1. The third-order valence-electron chi connectivity index (χ3n) is 3.19. The summed E-state index contributed by atoms with van der Waals surface area (Å²) in [6.45, 7) is 3.72. The Labute approximate surface area is 144 Å². The average Bonchev–Trinajstić information content (AvgIpc) is 2.51. The number of ether oxygens (including phenoxy) is 1. The highest BCUT2D eigenvalue weighted by molar-refractivity contribution is 8.00. The maximum absolute atomic E-state index is 13.2. The number of halogens is 2. The molecule has 0 fully saturated rings. The van der Waals surface area contributed by atoms with Crippen LogP contribution in [0.4, 0.5) is 10.1 Å². The topological polar surface area (TPSA) is 38.3 Å². The summed E-state index contributed by atoms with van der Waals surface area (Å²) in [5, 5.41) is 2.53. The normalized spacial score (nSPS) is 11.9. The number of thioether (sulfide) groups is 1.